The summed E-state index contributed by atoms with van der Waals surface area (Å²) in [6, 6.07) is 5.51. The van der Waals surface area contributed by atoms with Gasteiger partial charge in [0, 0.05) is 25.3 Å². The summed E-state index contributed by atoms with van der Waals surface area (Å²) >= 11 is 0. The van der Waals surface area contributed by atoms with Crippen molar-refractivity contribution in [2.24, 2.45) is 23.2 Å². The molecule has 33 heavy (non-hydrogen) atoms. The van der Waals surface area contributed by atoms with Gasteiger partial charge in [-0.2, -0.15) is 0 Å². The van der Waals surface area contributed by atoms with Crippen LogP contribution in [0.4, 0.5) is 0 Å². The Hall–Kier alpha value is -2.62. The second-order valence-electron chi connectivity index (χ2n) is 9.85. The molecular weight excluding hydrogens is 420 g/mol. The molecular formula is C27H34O6. The molecule has 0 N–H and O–H groups in total. The third-order valence-corrected chi connectivity index (χ3v) is 6.29. The highest BCUT2D eigenvalue weighted by atomic mass is 16.6. The number of carbonyl (C=O) groups excluding carboxylic acids is 2. The topological polar surface area (TPSA) is 71.1 Å². The van der Waals surface area contributed by atoms with E-state index < -0.39 is 5.41 Å². The first-order valence-corrected chi connectivity index (χ1v) is 11.3. The smallest absolute Gasteiger partial charge is 0.316 e. The Balaban J connectivity index is 0.000000968. The van der Waals surface area contributed by atoms with Gasteiger partial charge in [-0.1, -0.05) is 12.8 Å². The average molecular weight is 455 g/mol. The molecule has 2 fully saturated rings. The number of allylic oxidation sites excluding steroid dienone is 1. The van der Waals surface area contributed by atoms with Crippen molar-refractivity contribution >= 4 is 17.3 Å². The second kappa shape index (κ2) is 9.70. The number of esters is 1. The standard InChI is InChI=1S/C25H28O5.C2H6O/c1-7-8-14-9-10-15(16(12-14)28-6)18-21(26)20-19(17-11-13(2)22(20)29-17)23(18)30-24(27)25(3,4)5;1-3-2/h9-10,12-13,17,19-20,22H,11H2,1-6H3;1-2H3/t13?,17?,19-,20+,22?;/m0./s1. The van der Waals surface area contributed by atoms with Crippen LogP contribution in [0.2, 0.25) is 0 Å². The predicted octanol–water partition coefficient (Wildman–Crippen LogP) is 4.25. The van der Waals surface area contributed by atoms with E-state index in [4.69, 9.17) is 14.2 Å². The Morgan fingerprint density at radius 2 is 1.82 bits per heavy atom. The summed E-state index contributed by atoms with van der Waals surface area (Å²) < 4.78 is 21.9. The number of Topliss-reactive ketones (excluding diaryl/α,β-unsaturated/α-hetero) is 1. The molecule has 6 nitrogen and oxygen atoms in total. The largest absolute Gasteiger partial charge is 0.496 e. The van der Waals surface area contributed by atoms with Crippen molar-refractivity contribution in [3.05, 3.63) is 35.1 Å². The zero-order valence-corrected chi connectivity index (χ0v) is 20.8. The van der Waals surface area contributed by atoms with E-state index >= 15 is 0 Å². The van der Waals surface area contributed by atoms with Crippen LogP contribution in [0.3, 0.4) is 0 Å². The van der Waals surface area contributed by atoms with Crippen LogP contribution in [0.1, 0.15) is 52.2 Å². The molecule has 178 valence electrons. The number of methoxy groups -OCH3 is 2. The van der Waals surface area contributed by atoms with E-state index in [-0.39, 0.29) is 35.8 Å². The highest BCUT2D eigenvalue weighted by molar-refractivity contribution is 6.26. The molecule has 2 heterocycles. The Morgan fingerprint density at radius 3 is 2.39 bits per heavy atom. The third kappa shape index (κ3) is 4.58. The minimum atomic E-state index is -0.685. The molecule has 1 aromatic rings. The van der Waals surface area contributed by atoms with Crippen LogP contribution < -0.4 is 4.74 Å². The highest BCUT2D eigenvalue weighted by Gasteiger charge is 2.62. The van der Waals surface area contributed by atoms with Crippen molar-refractivity contribution in [2.75, 3.05) is 21.3 Å². The zero-order chi connectivity index (χ0) is 24.5. The number of ether oxygens (including phenoxy) is 4. The number of hydrogen-bond acceptors (Lipinski definition) is 6. The molecule has 0 amide bonds. The summed E-state index contributed by atoms with van der Waals surface area (Å²) in [7, 11) is 4.82. The number of fused-ring (bicyclic) bond motifs is 5. The number of carbonyl (C=O) groups is 2. The maximum Gasteiger partial charge on any atom is 0.316 e. The highest BCUT2D eigenvalue weighted by Crippen LogP contribution is 2.57. The van der Waals surface area contributed by atoms with Crippen molar-refractivity contribution in [3.8, 4) is 17.6 Å². The van der Waals surface area contributed by atoms with Crippen LogP contribution in [-0.2, 0) is 23.8 Å². The molecule has 2 bridgehead atoms. The van der Waals surface area contributed by atoms with Crippen molar-refractivity contribution < 1.29 is 28.5 Å². The lowest BCUT2D eigenvalue weighted by Crippen LogP contribution is -2.35. The number of hydrogen-bond donors (Lipinski definition) is 0. The van der Waals surface area contributed by atoms with Gasteiger partial charge in [0.2, 0.25) is 0 Å². The van der Waals surface area contributed by atoms with Crippen LogP contribution in [0.5, 0.6) is 5.75 Å². The molecule has 2 aliphatic heterocycles. The third-order valence-electron chi connectivity index (χ3n) is 6.29. The molecule has 0 aromatic heterocycles. The summed E-state index contributed by atoms with van der Waals surface area (Å²) in [5.74, 6) is 6.26. The van der Waals surface area contributed by atoms with Gasteiger partial charge < -0.3 is 18.9 Å². The van der Waals surface area contributed by atoms with Gasteiger partial charge in [0.15, 0.2) is 5.78 Å². The molecule has 0 spiro atoms. The minimum absolute atomic E-state index is 0.0246. The quantitative estimate of drug-likeness (QED) is 0.502. The Morgan fingerprint density at radius 1 is 1.15 bits per heavy atom. The Labute approximate surface area is 196 Å². The molecule has 3 aliphatic rings. The van der Waals surface area contributed by atoms with Crippen LogP contribution in [0, 0.1) is 35.0 Å². The van der Waals surface area contributed by atoms with E-state index in [0.29, 0.717) is 28.6 Å². The monoisotopic (exact) mass is 454 g/mol. The maximum atomic E-state index is 13.6. The molecule has 2 saturated heterocycles. The maximum absolute atomic E-state index is 13.6. The van der Waals surface area contributed by atoms with Crippen molar-refractivity contribution in [1.82, 2.24) is 0 Å². The van der Waals surface area contributed by atoms with Crippen LogP contribution in [-0.4, -0.2) is 45.3 Å². The lowest BCUT2D eigenvalue weighted by Gasteiger charge is -2.26. The summed E-state index contributed by atoms with van der Waals surface area (Å²) in [4.78, 5) is 26.4. The zero-order valence-electron chi connectivity index (χ0n) is 20.8. The van der Waals surface area contributed by atoms with E-state index in [1.54, 1.807) is 28.3 Å². The van der Waals surface area contributed by atoms with E-state index in [1.165, 1.54) is 0 Å². The Bertz CT molecular complexity index is 1020. The van der Waals surface area contributed by atoms with Gasteiger partial charge >= 0.3 is 5.97 Å². The fourth-order valence-corrected chi connectivity index (χ4v) is 4.85. The summed E-state index contributed by atoms with van der Waals surface area (Å²) in [5, 5.41) is 0. The summed E-state index contributed by atoms with van der Waals surface area (Å²) in [6.45, 7) is 9.31. The first-order valence-electron chi connectivity index (χ1n) is 11.3. The predicted molar refractivity (Wildman–Crippen MR) is 125 cm³/mol. The minimum Gasteiger partial charge on any atom is -0.496 e. The van der Waals surface area contributed by atoms with Crippen LogP contribution >= 0.6 is 0 Å². The van der Waals surface area contributed by atoms with Gasteiger partial charge in [-0.05, 0) is 58.2 Å². The van der Waals surface area contributed by atoms with Crippen LogP contribution in [0.25, 0.3) is 5.57 Å². The van der Waals surface area contributed by atoms with Crippen LogP contribution in [0.15, 0.2) is 24.0 Å². The van der Waals surface area contributed by atoms with Crippen molar-refractivity contribution in [2.45, 2.75) is 53.2 Å². The molecule has 5 atom stereocenters. The molecule has 0 saturated carbocycles. The Kier molecular flexibility index (Phi) is 7.36. The van der Waals surface area contributed by atoms with Gasteiger partial charge in [0.1, 0.15) is 11.5 Å². The second-order valence-corrected chi connectivity index (χ2v) is 9.85. The number of ketones is 1. The van der Waals surface area contributed by atoms with Gasteiger partial charge in [0.25, 0.3) is 0 Å². The van der Waals surface area contributed by atoms with Crippen molar-refractivity contribution in [1.29, 1.82) is 0 Å². The van der Waals surface area contributed by atoms with Gasteiger partial charge in [0.05, 0.1) is 42.1 Å². The molecule has 0 radical (unpaired) electrons. The first kappa shape index (κ1) is 25.0. The first-order chi connectivity index (χ1) is 15.6. The van der Waals surface area contributed by atoms with E-state index in [2.05, 4.69) is 23.5 Å². The lowest BCUT2D eigenvalue weighted by molar-refractivity contribution is -0.149. The summed E-state index contributed by atoms with van der Waals surface area (Å²) in [5.41, 5.74) is 1.20. The molecule has 3 unspecified atom stereocenters. The van der Waals surface area contributed by atoms with E-state index in [0.717, 1.165) is 12.0 Å². The number of benzene rings is 1. The van der Waals surface area contributed by atoms with Crippen molar-refractivity contribution in [3.63, 3.8) is 0 Å². The number of rotatable bonds is 3. The van der Waals surface area contributed by atoms with E-state index in [9.17, 15) is 9.59 Å². The fraction of sp³-hybridized carbons (Fsp3) is 0.556. The van der Waals surface area contributed by atoms with Gasteiger partial charge in [-0.15, -0.1) is 5.92 Å². The van der Waals surface area contributed by atoms with E-state index in [1.807, 2.05) is 39.0 Å². The fourth-order valence-electron chi connectivity index (χ4n) is 4.85. The summed E-state index contributed by atoms with van der Waals surface area (Å²) in [6.07, 6.45) is 0.630. The SMILES string of the molecule is CC#Cc1ccc(C2=C(OC(=O)C(C)(C)C)[C@H]3C4CC(C)C(O4)[C@H]3C2=O)c(OC)c1.COC. The molecule has 6 heteroatoms. The van der Waals surface area contributed by atoms with Gasteiger partial charge in [-0.25, -0.2) is 0 Å². The van der Waals surface area contributed by atoms with Gasteiger partial charge in [-0.3, -0.25) is 9.59 Å². The average Bonchev–Trinajstić information content (AvgIpc) is 3.38. The molecule has 1 aliphatic carbocycles. The normalized spacial score (nSPS) is 27.4. The molecule has 4 rings (SSSR count). The molecule has 1 aromatic carbocycles. The lowest BCUT2D eigenvalue weighted by atomic mass is 9.75.